The summed E-state index contributed by atoms with van der Waals surface area (Å²) in [6.07, 6.45) is 19.4. The van der Waals surface area contributed by atoms with E-state index in [2.05, 4.69) is 13.8 Å². The van der Waals surface area contributed by atoms with Gasteiger partial charge in [0, 0.05) is 12.8 Å². The first-order valence-electron chi connectivity index (χ1n) is 15.2. The van der Waals surface area contributed by atoms with Crippen molar-refractivity contribution < 1.29 is 13.2 Å². The third-order valence-electron chi connectivity index (χ3n) is 7.37. The second-order valence-electron chi connectivity index (χ2n) is 11.2. The van der Waals surface area contributed by atoms with Crippen molar-refractivity contribution in [2.45, 2.75) is 154 Å². The highest BCUT2D eigenvalue weighted by Gasteiger charge is 2.37. The number of rotatable bonds is 24. The molecule has 36 heavy (non-hydrogen) atoms. The number of hydrogen-bond acceptors (Lipinski definition) is 0. The van der Waals surface area contributed by atoms with Crippen LogP contribution < -0.4 is 0 Å². The Morgan fingerprint density at radius 1 is 0.583 bits per heavy atom. The second kappa shape index (κ2) is 20.4. The molecule has 0 heterocycles. The standard InChI is InChI=1S/C32H56F3P/c1-4-6-8-10-14-21-27-36(28-22-15-11-9-7-5-2)32(34,35)26-20-13-12-19-25-31(3,33)29-30-23-17-16-18-24-30/h16-18,23-24H,4-15,19-22,25-29H2,1-3H3. The summed E-state index contributed by atoms with van der Waals surface area (Å²) in [5.74, 6) is 0. The minimum absolute atomic E-state index is 0.0290. The molecule has 0 spiro atoms. The van der Waals surface area contributed by atoms with E-state index < -0.39 is 19.3 Å². The monoisotopic (exact) mass is 528 g/mol. The summed E-state index contributed by atoms with van der Waals surface area (Å²) in [5, 5.41) is 0. The van der Waals surface area contributed by atoms with Crippen molar-refractivity contribution in [3.8, 4) is 0 Å². The van der Waals surface area contributed by atoms with Crippen LogP contribution in [0.4, 0.5) is 13.2 Å². The Kier molecular flexibility index (Phi) is 19.0. The molecule has 1 atom stereocenters. The maximum Gasteiger partial charge on any atom is 0.264 e. The van der Waals surface area contributed by atoms with E-state index in [0.29, 0.717) is 19.3 Å². The average Bonchev–Trinajstić information content (AvgIpc) is 2.84. The van der Waals surface area contributed by atoms with Gasteiger partial charge in [0.1, 0.15) is 5.67 Å². The van der Waals surface area contributed by atoms with E-state index in [1.54, 1.807) is 6.92 Å². The molecule has 0 nitrogen and oxygen atoms in total. The van der Waals surface area contributed by atoms with Crippen LogP contribution in [0.3, 0.4) is 0 Å². The van der Waals surface area contributed by atoms with Gasteiger partial charge in [0.2, 0.25) is 0 Å². The number of alkyl halides is 3. The summed E-state index contributed by atoms with van der Waals surface area (Å²) in [5.41, 5.74) is -2.70. The lowest BCUT2D eigenvalue weighted by molar-refractivity contribution is 0.0836. The molecule has 0 N–H and O–H groups in total. The van der Waals surface area contributed by atoms with E-state index in [4.69, 9.17) is 0 Å². The van der Waals surface area contributed by atoms with Crippen molar-refractivity contribution in [1.29, 1.82) is 0 Å². The Morgan fingerprint density at radius 3 is 1.56 bits per heavy atom. The molecule has 0 saturated carbocycles. The first-order valence-corrected chi connectivity index (χ1v) is 16.9. The lowest BCUT2D eigenvalue weighted by Crippen LogP contribution is -2.21. The van der Waals surface area contributed by atoms with E-state index in [1.165, 1.54) is 51.4 Å². The molecule has 0 aliphatic rings. The Hall–Kier alpha value is -0.560. The van der Waals surface area contributed by atoms with Gasteiger partial charge in [-0.2, -0.15) is 0 Å². The summed E-state index contributed by atoms with van der Waals surface area (Å²) in [7, 11) is -1.22. The topological polar surface area (TPSA) is 0 Å². The van der Waals surface area contributed by atoms with E-state index in [9.17, 15) is 4.39 Å². The Bertz CT molecular complexity index is 601. The van der Waals surface area contributed by atoms with E-state index >= 15 is 8.78 Å². The fourth-order valence-electron chi connectivity index (χ4n) is 5.06. The SMILES string of the molecule is CCCCCCCCP(CCCCCCCC)C(F)(F)CCCCCCC(C)(F)Cc1ccccc1. The zero-order valence-corrected chi connectivity index (χ0v) is 24.7. The molecule has 0 aliphatic heterocycles. The zero-order chi connectivity index (χ0) is 26.5. The maximum atomic E-state index is 15.3. The van der Waals surface area contributed by atoms with E-state index in [-0.39, 0.29) is 6.42 Å². The van der Waals surface area contributed by atoms with Gasteiger partial charge < -0.3 is 0 Å². The van der Waals surface area contributed by atoms with Crippen LogP contribution >= 0.6 is 7.92 Å². The summed E-state index contributed by atoms with van der Waals surface area (Å²) in [6, 6.07) is 9.77. The fourth-order valence-corrected chi connectivity index (χ4v) is 7.62. The molecule has 0 bridgehead atoms. The number of benzene rings is 1. The lowest BCUT2D eigenvalue weighted by Gasteiger charge is -2.28. The van der Waals surface area contributed by atoms with Crippen molar-refractivity contribution in [3.63, 3.8) is 0 Å². The number of unbranched alkanes of at least 4 members (excludes halogenated alkanes) is 13. The molecule has 4 heteroatoms. The van der Waals surface area contributed by atoms with Gasteiger partial charge in [-0.25, -0.2) is 13.2 Å². The molecule has 0 saturated heterocycles. The van der Waals surface area contributed by atoms with Gasteiger partial charge in [-0.15, -0.1) is 0 Å². The number of halogens is 3. The highest BCUT2D eigenvalue weighted by molar-refractivity contribution is 7.58. The van der Waals surface area contributed by atoms with Gasteiger partial charge in [-0.3, -0.25) is 0 Å². The van der Waals surface area contributed by atoms with Crippen LogP contribution in [-0.4, -0.2) is 23.7 Å². The predicted octanol–water partition coefficient (Wildman–Crippen LogP) is 12.1. The molecular formula is C32H56F3P. The van der Waals surface area contributed by atoms with Crippen molar-refractivity contribution in [2.75, 3.05) is 12.3 Å². The molecule has 1 aromatic carbocycles. The van der Waals surface area contributed by atoms with Crippen molar-refractivity contribution in [2.24, 2.45) is 0 Å². The van der Waals surface area contributed by atoms with Gasteiger partial charge in [0.15, 0.2) is 0 Å². The second-order valence-corrected chi connectivity index (χ2v) is 13.8. The molecule has 0 fully saturated rings. The Balaban J connectivity index is 2.36. The van der Waals surface area contributed by atoms with Crippen LogP contribution in [0.25, 0.3) is 0 Å². The maximum absolute atomic E-state index is 15.3. The molecular weight excluding hydrogens is 472 g/mol. The summed E-state index contributed by atoms with van der Waals surface area (Å²) < 4.78 is 45.4. The summed E-state index contributed by atoms with van der Waals surface area (Å²) >= 11 is 0. The Morgan fingerprint density at radius 2 is 1.03 bits per heavy atom. The van der Waals surface area contributed by atoms with Crippen LogP contribution in [0.5, 0.6) is 0 Å². The first-order chi connectivity index (χ1) is 17.3. The van der Waals surface area contributed by atoms with Gasteiger partial charge in [0.25, 0.3) is 5.66 Å². The molecule has 0 aromatic heterocycles. The van der Waals surface area contributed by atoms with Gasteiger partial charge in [-0.1, -0.05) is 128 Å². The van der Waals surface area contributed by atoms with E-state index in [1.807, 2.05) is 30.3 Å². The minimum Gasteiger partial charge on any atom is -0.244 e. The molecule has 0 radical (unpaired) electrons. The van der Waals surface area contributed by atoms with Crippen molar-refractivity contribution >= 4 is 7.92 Å². The predicted molar refractivity (Wildman–Crippen MR) is 156 cm³/mol. The van der Waals surface area contributed by atoms with Gasteiger partial charge in [-0.05, 0) is 58.4 Å². The molecule has 1 unspecified atom stereocenters. The molecule has 0 amide bonds. The smallest absolute Gasteiger partial charge is 0.244 e. The average molecular weight is 529 g/mol. The summed E-state index contributed by atoms with van der Waals surface area (Å²) in [6.45, 7) is 6.09. The van der Waals surface area contributed by atoms with Crippen LogP contribution in [-0.2, 0) is 6.42 Å². The minimum atomic E-state index is -2.50. The normalized spacial score (nSPS) is 13.9. The summed E-state index contributed by atoms with van der Waals surface area (Å²) in [4.78, 5) is 0. The van der Waals surface area contributed by atoms with Crippen molar-refractivity contribution in [1.82, 2.24) is 0 Å². The molecule has 1 aromatic rings. The third kappa shape index (κ3) is 17.0. The van der Waals surface area contributed by atoms with E-state index in [0.717, 1.165) is 62.8 Å². The van der Waals surface area contributed by atoms with Crippen LogP contribution in [0.1, 0.15) is 142 Å². The van der Waals surface area contributed by atoms with Crippen LogP contribution in [0.15, 0.2) is 30.3 Å². The highest BCUT2D eigenvalue weighted by atomic mass is 31.1. The van der Waals surface area contributed by atoms with Crippen LogP contribution in [0.2, 0.25) is 0 Å². The largest absolute Gasteiger partial charge is 0.264 e. The molecule has 0 aliphatic carbocycles. The molecule has 1 rings (SSSR count). The number of hydrogen-bond donors (Lipinski definition) is 0. The fraction of sp³-hybridized carbons (Fsp3) is 0.812. The third-order valence-corrected chi connectivity index (χ3v) is 10.2. The first kappa shape index (κ1) is 33.5. The quantitative estimate of drug-likeness (QED) is 0.0924. The van der Waals surface area contributed by atoms with Gasteiger partial charge in [0.05, 0.1) is 0 Å². The highest BCUT2D eigenvalue weighted by Crippen LogP contribution is 2.56. The zero-order valence-electron chi connectivity index (χ0n) is 23.8. The van der Waals surface area contributed by atoms with Crippen LogP contribution in [0, 0.1) is 0 Å². The van der Waals surface area contributed by atoms with Crippen molar-refractivity contribution in [3.05, 3.63) is 35.9 Å². The lowest BCUT2D eigenvalue weighted by atomic mass is 9.92. The Labute approximate surface area is 223 Å². The molecule has 210 valence electrons. The van der Waals surface area contributed by atoms with Gasteiger partial charge >= 0.3 is 0 Å².